The van der Waals surface area contributed by atoms with E-state index in [4.69, 9.17) is 0 Å². The molecule has 0 N–H and O–H groups in total. The van der Waals surface area contributed by atoms with Gasteiger partial charge >= 0.3 is 0 Å². The Kier molecular flexibility index (Phi) is 5.34. The predicted octanol–water partition coefficient (Wildman–Crippen LogP) is 5.21. The molecule has 0 nitrogen and oxygen atoms in total. The molecule has 0 aromatic heterocycles. The highest BCUT2D eigenvalue weighted by molar-refractivity contribution is 9.13. The summed E-state index contributed by atoms with van der Waals surface area (Å²) in [5.41, 5.74) is 0. The van der Waals surface area contributed by atoms with Crippen molar-refractivity contribution in [3.8, 4) is 0 Å². The van der Waals surface area contributed by atoms with E-state index in [1.807, 2.05) is 20.8 Å². The van der Waals surface area contributed by atoms with E-state index in [-0.39, 0.29) is 0 Å². The van der Waals surface area contributed by atoms with E-state index in [2.05, 4.69) is 31.9 Å². The molecule has 0 aliphatic carbocycles. The van der Waals surface area contributed by atoms with Crippen molar-refractivity contribution in [1.29, 1.82) is 0 Å². The number of benzene rings is 1. The van der Waals surface area contributed by atoms with Gasteiger partial charge in [-0.25, -0.2) is 8.78 Å². The topological polar surface area (TPSA) is 0 Å². The molecule has 0 bridgehead atoms. The zero-order valence-corrected chi connectivity index (χ0v) is 14.4. The van der Waals surface area contributed by atoms with Crippen LogP contribution in [-0.4, -0.2) is 8.07 Å². The second-order valence-corrected chi connectivity index (χ2v) is 11.0. The molecule has 1 aromatic carbocycles. The second kappa shape index (κ2) is 5.93. The summed E-state index contributed by atoms with van der Waals surface area (Å²) in [4.78, 5) is 0. The van der Waals surface area contributed by atoms with Gasteiger partial charge in [0.2, 0.25) is 0 Å². The first-order valence-electron chi connectivity index (χ1n) is 5.77. The third-order valence-electron chi connectivity index (χ3n) is 3.67. The Hall–Kier alpha value is 0.257. The first-order valence-corrected chi connectivity index (χ1v) is 9.97. The number of hydrogen-bond acceptors (Lipinski definition) is 0. The van der Waals surface area contributed by atoms with E-state index in [1.165, 1.54) is 6.07 Å². The first kappa shape index (κ1) is 15.3. The molecule has 0 amide bonds. The molecule has 0 unspecified atom stereocenters. The SMILES string of the molecule is CC[Si](CC)(CC)c1c(F)cc(Br)c(Br)c1F. The molecule has 0 spiro atoms. The van der Waals surface area contributed by atoms with E-state index >= 15 is 0 Å². The van der Waals surface area contributed by atoms with E-state index in [0.29, 0.717) is 14.1 Å². The average Bonchev–Trinajstić information content (AvgIpc) is 2.32. The molecular formula is C12H16Br2F2Si. The Morgan fingerprint density at radius 1 is 1.06 bits per heavy atom. The van der Waals surface area contributed by atoms with Gasteiger partial charge in [-0.3, -0.25) is 0 Å². The molecule has 0 saturated heterocycles. The van der Waals surface area contributed by atoms with Gasteiger partial charge in [-0.15, -0.1) is 0 Å². The van der Waals surface area contributed by atoms with Crippen molar-refractivity contribution in [3.05, 3.63) is 26.6 Å². The van der Waals surface area contributed by atoms with E-state index < -0.39 is 19.7 Å². The molecule has 5 heteroatoms. The molecule has 1 aromatic rings. The predicted molar refractivity (Wildman–Crippen MR) is 78.6 cm³/mol. The average molecular weight is 386 g/mol. The lowest BCUT2D eigenvalue weighted by molar-refractivity contribution is 0.589. The van der Waals surface area contributed by atoms with Crippen LogP contribution in [0, 0.1) is 11.6 Å². The fraction of sp³-hybridized carbons (Fsp3) is 0.500. The lowest BCUT2D eigenvalue weighted by atomic mass is 10.3. The van der Waals surface area contributed by atoms with Crippen molar-refractivity contribution >= 4 is 45.1 Å². The monoisotopic (exact) mass is 384 g/mol. The van der Waals surface area contributed by atoms with Gasteiger partial charge in [0, 0.05) is 9.66 Å². The van der Waals surface area contributed by atoms with Gasteiger partial charge in [0.25, 0.3) is 0 Å². The minimum absolute atomic E-state index is 0.334. The van der Waals surface area contributed by atoms with E-state index in [0.717, 1.165) is 18.1 Å². The normalized spacial score (nSPS) is 11.9. The fourth-order valence-electron chi connectivity index (χ4n) is 2.33. The maximum absolute atomic E-state index is 14.3. The fourth-order valence-corrected chi connectivity index (χ4v) is 6.93. The van der Waals surface area contributed by atoms with Crippen LogP contribution in [0.4, 0.5) is 8.78 Å². The van der Waals surface area contributed by atoms with Crippen LogP contribution in [0.3, 0.4) is 0 Å². The lowest BCUT2D eigenvalue weighted by Gasteiger charge is -2.29. The Bertz CT molecular complexity index is 409. The van der Waals surface area contributed by atoms with Crippen LogP contribution in [-0.2, 0) is 0 Å². The summed E-state index contributed by atoms with van der Waals surface area (Å²) in [6.45, 7) is 6.11. The molecule has 0 radical (unpaired) electrons. The minimum Gasteiger partial charge on any atom is -0.207 e. The van der Waals surface area contributed by atoms with Gasteiger partial charge in [0.15, 0.2) is 0 Å². The highest BCUT2D eigenvalue weighted by Crippen LogP contribution is 2.30. The number of rotatable bonds is 4. The zero-order chi connectivity index (χ0) is 13.2. The molecular weight excluding hydrogens is 370 g/mol. The summed E-state index contributed by atoms with van der Waals surface area (Å²) in [6, 6.07) is 3.96. The second-order valence-electron chi connectivity index (χ2n) is 4.18. The van der Waals surface area contributed by atoms with Crippen molar-refractivity contribution in [2.75, 3.05) is 0 Å². The van der Waals surface area contributed by atoms with Crippen LogP contribution in [0.25, 0.3) is 0 Å². The molecule has 0 aliphatic rings. The summed E-state index contributed by atoms with van der Waals surface area (Å²) in [7, 11) is -2.04. The molecule has 0 heterocycles. The molecule has 0 saturated carbocycles. The van der Waals surface area contributed by atoms with Gasteiger partial charge in [-0.1, -0.05) is 38.9 Å². The number of hydrogen-bond donors (Lipinski definition) is 0. The lowest BCUT2D eigenvalue weighted by Crippen LogP contribution is -2.49. The van der Waals surface area contributed by atoms with Crippen molar-refractivity contribution in [1.82, 2.24) is 0 Å². The molecule has 0 aliphatic heterocycles. The van der Waals surface area contributed by atoms with Crippen molar-refractivity contribution in [2.45, 2.75) is 38.9 Å². The maximum Gasteiger partial charge on any atom is 0.140 e. The van der Waals surface area contributed by atoms with Crippen LogP contribution in [0.15, 0.2) is 15.0 Å². The Labute approximate surface area is 119 Å². The van der Waals surface area contributed by atoms with Crippen LogP contribution >= 0.6 is 31.9 Å². The quantitative estimate of drug-likeness (QED) is 0.379. The molecule has 96 valence electrons. The van der Waals surface area contributed by atoms with Gasteiger partial charge < -0.3 is 0 Å². The van der Waals surface area contributed by atoms with Crippen LogP contribution in [0.2, 0.25) is 18.1 Å². The Morgan fingerprint density at radius 2 is 1.53 bits per heavy atom. The first-order chi connectivity index (χ1) is 7.93. The van der Waals surface area contributed by atoms with E-state index in [9.17, 15) is 8.78 Å². The Balaban J connectivity index is 3.54. The highest BCUT2D eigenvalue weighted by Gasteiger charge is 2.36. The molecule has 1 rings (SSSR count). The van der Waals surface area contributed by atoms with E-state index in [1.54, 1.807) is 0 Å². The van der Waals surface area contributed by atoms with Crippen LogP contribution < -0.4 is 5.19 Å². The van der Waals surface area contributed by atoms with Gasteiger partial charge in [0.05, 0.1) is 12.5 Å². The van der Waals surface area contributed by atoms with Gasteiger partial charge in [-0.05, 0) is 37.9 Å². The van der Waals surface area contributed by atoms with Crippen LogP contribution in [0.5, 0.6) is 0 Å². The number of halogens is 4. The largest absolute Gasteiger partial charge is 0.207 e. The summed E-state index contributed by atoms with van der Waals surface area (Å²) in [5.74, 6) is -0.830. The van der Waals surface area contributed by atoms with Crippen molar-refractivity contribution < 1.29 is 8.78 Å². The zero-order valence-electron chi connectivity index (χ0n) is 10.2. The third kappa shape index (κ3) is 2.66. The summed E-state index contributed by atoms with van der Waals surface area (Å²) in [6.07, 6.45) is 0. The smallest absolute Gasteiger partial charge is 0.140 e. The van der Waals surface area contributed by atoms with Gasteiger partial charge in [-0.2, -0.15) is 0 Å². The Morgan fingerprint density at radius 3 is 1.94 bits per heavy atom. The summed E-state index contributed by atoms with van der Waals surface area (Å²) < 4.78 is 29.2. The summed E-state index contributed by atoms with van der Waals surface area (Å²) >= 11 is 6.33. The third-order valence-corrected chi connectivity index (χ3v) is 11.2. The maximum atomic E-state index is 14.3. The molecule has 17 heavy (non-hydrogen) atoms. The summed E-state index contributed by atoms with van der Waals surface area (Å²) in [5, 5.41) is 0.347. The van der Waals surface area contributed by atoms with Gasteiger partial charge in [0.1, 0.15) is 11.6 Å². The van der Waals surface area contributed by atoms with Crippen LogP contribution in [0.1, 0.15) is 20.8 Å². The molecule has 0 fully saturated rings. The highest BCUT2D eigenvalue weighted by atomic mass is 79.9. The standard InChI is InChI=1S/C12H16Br2F2Si/c1-4-17(5-2,6-3)12-9(15)7-8(13)10(14)11(12)16/h7H,4-6H2,1-3H3. The minimum atomic E-state index is -2.04. The van der Waals surface area contributed by atoms with Crippen molar-refractivity contribution in [2.24, 2.45) is 0 Å². The molecule has 0 atom stereocenters. The van der Waals surface area contributed by atoms with Crippen molar-refractivity contribution in [3.63, 3.8) is 0 Å².